The molecule has 1 unspecified atom stereocenters. The Morgan fingerprint density at radius 1 is 1.36 bits per heavy atom. The Balaban J connectivity index is 2.22. The lowest BCUT2D eigenvalue weighted by atomic mass is 10.2. The summed E-state index contributed by atoms with van der Waals surface area (Å²) < 4.78 is 10.3. The Kier molecular flexibility index (Phi) is 6.10. The second-order valence-electron chi connectivity index (χ2n) is 3.70. The molecule has 0 radical (unpaired) electrons. The Morgan fingerprint density at radius 2 is 2.21 bits per heavy atom. The minimum Gasteiger partial charge on any atom is -0.385 e. The van der Waals surface area contributed by atoms with Gasteiger partial charge in [0.05, 0.1) is 6.61 Å². The van der Waals surface area contributed by atoms with E-state index in [1.807, 2.05) is 0 Å². The van der Waals surface area contributed by atoms with E-state index in [9.17, 15) is 0 Å². The molecule has 84 valence electrons. The zero-order valence-electron chi connectivity index (χ0n) is 9.29. The molecule has 0 bridgehead atoms. The molecule has 1 fully saturated rings. The summed E-state index contributed by atoms with van der Waals surface area (Å²) in [5.74, 6) is 0. The van der Waals surface area contributed by atoms with Crippen LogP contribution in [0.25, 0.3) is 0 Å². The van der Waals surface area contributed by atoms with Gasteiger partial charge in [-0.1, -0.05) is 0 Å². The molecule has 0 aromatic heterocycles. The molecule has 0 aliphatic carbocycles. The van der Waals surface area contributed by atoms with Crippen LogP contribution in [0, 0.1) is 0 Å². The first-order valence-corrected chi connectivity index (χ1v) is 5.31. The Hall–Kier alpha value is -0.160. The largest absolute Gasteiger partial charge is 0.385 e. The fourth-order valence-electron chi connectivity index (χ4n) is 1.87. The number of hydrogen-bond acceptors (Lipinski definition) is 4. The molecule has 0 saturated carbocycles. The lowest BCUT2D eigenvalue weighted by Gasteiger charge is -2.35. The monoisotopic (exact) mass is 202 g/mol. The molecule has 1 aliphatic heterocycles. The van der Waals surface area contributed by atoms with Gasteiger partial charge < -0.3 is 14.8 Å². The van der Waals surface area contributed by atoms with Crippen molar-refractivity contribution in [3.8, 4) is 0 Å². The lowest BCUT2D eigenvalue weighted by Crippen LogP contribution is -2.53. The van der Waals surface area contributed by atoms with E-state index in [1.54, 1.807) is 14.2 Å². The highest BCUT2D eigenvalue weighted by atomic mass is 16.5. The fourth-order valence-corrected chi connectivity index (χ4v) is 1.87. The summed E-state index contributed by atoms with van der Waals surface area (Å²) in [5, 5.41) is 3.39. The first kappa shape index (κ1) is 11.9. The van der Waals surface area contributed by atoms with Gasteiger partial charge in [-0.05, 0) is 6.42 Å². The van der Waals surface area contributed by atoms with Gasteiger partial charge in [-0.2, -0.15) is 0 Å². The number of methoxy groups -OCH3 is 2. The third-order valence-corrected chi connectivity index (χ3v) is 2.62. The van der Waals surface area contributed by atoms with Crippen LogP contribution in [0.2, 0.25) is 0 Å². The molecule has 1 saturated heterocycles. The van der Waals surface area contributed by atoms with Crippen LogP contribution in [-0.4, -0.2) is 64.6 Å². The highest BCUT2D eigenvalue weighted by Gasteiger charge is 2.20. The predicted molar refractivity (Wildman–Crippen MR) is 56.6 cm³/mol. The van der Waals surface area contributed by atoms with Gasteiger partial charge in [0.15, 0.2) is 0 Å². The van der Waals surface area contributed by atoms with Crippen molar-refractivity contribution in [3.05, 3.63) is 0 Å². The summed E-state index contributed by atoms with van der Waals surface area (Å²) in [5.41, 5.74) is 0. The van der Waals surface area contributed by atoms with Crippen molar-refractivity contribution < 1.29 is 9.47 Å². The van der Waals surface area contributed by atoms with E-state index in [4.69, 9.17) is 9.47 Å². The Labute approximate surface area is 86.6 Å². The second kappa shape index (κ2) is 7.17. The Morgan fingerprint density at radius 3 is 2.93 bits per heavy atom. The van der Waals surface area contributed by atoms with Crippen molar-refractivity contribution in [1.82, 2.24) is 10.2 Å². The summed E-state index contributed by atoms with van der Waals surface area (Å²) in [7, 11) is 3.52. The van der Waals surface area contributed by atoms with Gasteiger partial charge in [0, 0.05) is 53.0 Å². The van der Waals surface area contributed by atoms with Crippen molar-refractivity contribution >= 4 is 0 Å². The molecule has 1 aliphatic rings. The second-order valence-corrected chi connectivity index (χ2v) is 3.70. The van der Waals surface area contributed by atoms with E-state index >= 15 is 0 Å². The van der Waals surface area contributed by atoms with Gasteiger partial charge in [-0.3, -0.25) is 4.90 Å². The SMILES string of the molecule is COCCCN1CCNCC1COC. The van der Waals surface area contributed by atoms with E-state index < -0.39 is 0 Å². The van der Waals surface area contributed by atoms with Crippen molar-refractivity contribution in [2.45, 2.75) is 12.5 Å². The topological polar surface area (TPSA) is 33.7 Å². The first-order chi connectivity index (χ1) is 6.88. The third kappa shape index (κ3) is 3.92. The highest BCUT2D eigenvalue weighted by molar-refractivity contribution is 4.79. The number of nitrogens with one attached hydrogen (secondary N) is 1. The van der Waals surface area contributed by atoms with E-state index in [0.29, 0.717) is 6.04 Å². The van der Waals surface area contributed by atoms with Gasteiger partial charge in [-0.15, -0.1) is 0 Å². The van der Waals surface area contributed by atoms with E-state index in [1.165, 1.54) is 0 Å². The molecule has 0 amide bonds. The minimum absolute atomic E-state index is 0.533. The summed E-state index contributed by atoms with van der Waals surface area (Å²) in [6.07, 6.45) is 1.11. The van der Waals surface area contributed by atoms with Gasteiger partial charge >= 0.3 is 0 Å². The summed E-state index contributed by atoms with van der Waals surface area (Å²) in [6, 6.07) is 0.533. The van der Waals surface area contributed by atoms with Crippen molar-refractivity contribution in [3.63, 3.8) is 0 Å². The number of nitrogens with zero attached hydrogens (tertiary/aromatic N) is 1. The molecule has 0 spiro atoms. The average molecular weight is 202 g/mol. The number of hydrogen-bond donors (Lipinski definition) is 1. The van der Waals surface area contributed by atoms with Crippen LogP contribution >= 0.6 is 0 Å². The maximum atomic E-state index is 5.20. The zero-order valence-corrected chi connectivity index (χ0v) is 9.29. The molecule has 1 heterocycles. The van der Waals surface area contributed by atoms with E-state index in [2.05, 4.69) is 10.2 Å². The maximum absolute atomic E-state index is 5.20. The summed E-state index contributed by atoms with van der Waals surface area (Å²) in [6.45, 7) is 6.04. The van der Waals surface area contributed by atoms with Crippen LogP contribution in [-0.2, 0) is 9.47 Å². The van der Waals surface area contributed by atoms with Crippen molar-refractivity contribution in [2.24, 2.45) is 0 Å². The predicted octanol–water partition coefficient (Wildman–Crippen LogP) is -0.0569. The fraction of sp³-hybridized carbons (Fsp3) is 1.00. The summed E-state index contributed by atoms with van der Waals surface area (Å²) >= 11 is 0. The van der Waals surface area contributed by atoms with Crippen LogP contribution < -0.4 is 5.32 Å². The number of ether oxygens (including phenoxy) is 2. The number of rotatable bonds is 6. The number of piperazine rings is 1. The van der Waals surface area contributed by atoms with Crippen molar-refractivity contribution in [1.29, 1.82) is 0 Å². The normalized spacial score (nSPS) is 24.0. The summed E-state index contributed by atoms with van der Waals surface area (Å²) in [4.78, 5) is 2.49. The van der Waals surface area contributed by atoms with Gasteiger partial charge in [-0.25, -0.2) is 0 Å². The molecule has 4 heteroatoms. The maximum Gasteiger partial charge on any atom is 0.0630 e. The average Bonchev–Trinajstić information content (AvgIpc) is 2.21. The molecule has 14 heavy (non-hydrogen) atoms. The van der Waals surface area contributed by atoms with Gasteiger partial charge in [0.25, 0.3) is 0 Å². The molecular formula is C10H22N2O2. The molecule has 4 nitrogen and oxygen atoms in total. The highest BCUT2D eigenvalue weighted by Crippen LogP contribution is 2.04. The van der Waals surface area contributed by atoms with Crippen molar-refractivity contribution in [2.75, 3.05) is 53.6 Å². The van der Waals surface area contributed by atoms with Gasteiger partial charge in [0.2, 0.25) is 0 Å². The van der Waals surface area contributed by atoms with Crippen LogP contribution in [0.1, 0.15) is 6.42 Å². The molecule has 1 atom stereocenters. The molecule has 1 rings (SSSR count). The van der Waals surface area contributed by atoms with Crippen LogP contribution in [0.4, 0.5) is 0 Å². The molecule has 0 aromatic carbocycles. The van der Waals surface area contributed by atoms with Crippen LogP contribution in [0.5, 0.6) is 0 Å². The van der Waals surface area contributed by atoms with Crippen LogP contribution in [0.3, 0.4) is 0 Å². The molecule has 1 N–H and O–H groups in total. The lowest BCUT2D eigenvalue weighted by molar-refractivity contribution is 0.0665. The third-order valence-electron chi connectivity index (χ3n) is 2.62. The van der Waals surface area contributed by atoms with Crippen LogP contribution in [0.15, 0.2) is 0 Å². The standard InChI is InChI=1S/C10H22N2O2/c1-13-7-3-5-12-6-4-11-8-10(12)9-14-2/h10-11H,3-9H2,1-2H3. The van der Waals surface area contributed by atoms with Gasteiger partial charge in [0.1, 0.15) is 0 Å². The van der Waals surface area contributed by atoms with E-state index in [-0.39, 0.29) is 0 Å². The minimum atomic E-state index is 0.533. The molecule has 0 aromatic rings. The smallest absolute Gasteiger partial charge is 0.0630 e. The quantitative estimate of drug-likeness (QED) is 0.612. The Bertz CT molecular complexity index is 142. The van der Waals surface area contributed by atoms with E-state index in [0.717, 1.165) is 45.8 Å². The molecular weight excluding hydrogens is 180 g/mol. The first-order valence-electron chi connectivity index (χ1n) is 5.31. The zero-order chi connectivity index (χ0) is 10.2.